The van der Waals surface area contributed by atoms with Gasteiger partial charge in [-0.3, -0.25) is 4.90 Å². The molecule has 0 radical (unpaired) electrons. The Morgan fingerprint density at radius 2 is 2.25 bits per heavy atom. The SMILES string of the molecule is C=CCN(CCOC)Cc1cc(CNC(C)C)c(C)o1. The van der Waals surface area contributed by atoms with E-state index in [9.17, 15) is 0 Å². The molecule has 0 aliphatic rings. The largest absolute Gasteiger partial charge is 0.465 e. The Hall–Kier alpha value is -1.10. The lowest BCUT2D eigenvalue weighted by Crippen LogP contribution is -2.27. The molecule has 0 unspecified atom stereocenters. The molecular formula is C16H28N2O2. The van der Waals surface area contributed by atoms with Gasteiger partial charge in [0.1, 0.15) is 11.5 Å². The van der Waals surface area contributed by atoms with Crippen molar-refractivity contribution in [2.45, 2.75) is 39.9 Å². The normalized spacial score (nSPS) is 11.5. The molecule has 0 atom stereocenters. The van der Waals surface area contributed by atoms with Crippen LogP contribution in [-0.4, -0.2) is 37.7 Å². The van der Waals surface area contributed by atoms with Gasteiger partial charge in [-0.05, 0) is 13.0 Å². The summed E-state index contributed by atoms with van der Waals surface area (Å²) in [6, 6.07) is 2.62. The van der Waals surface area contributed by atoms with Crippen LogP contribution in [0.15, 0.2) is 23.1 Å². The van der Waals surface area contributed by atoms with E-state index >= 15 is 0 Å². The Kier molecular flexibility index (Phi) is 7.59. The molecule has 0 saturated carbocycles. The van der Waals surface area contributed by atoms with Crippen molar-refractivity contribution >= 4 is 0 Å². The van der Waals surface area contributed by atoms with Gasteiger partial charge in [-0.2, -0.15) is 0 Å². The van der Waals surface area contributed by atoms with Gasteiger partial charge in [-0.15, -0.1) is 6.58 Å². The van der Waals surface area contributed by atoms with Crippen molar-refractivity contribution < 1.29 is 9.15 Å². The molecule has 0 spiro atoms. The molecule has 1 aromatic rings. The smallest absolute Gasteiger partial charge is 0.118 e. The lowest BCUT2D eigenvalue weighted by molar-refractivity contribution is 0.146. The molecule has 1 rings (SSSR count). The highest BCUT2D eigenvalue weighted by Crippen LogP contribution is 2.16. The minimum absolute atomic E-state index is 0.478. The Morgan fingerprint density at radius 3 is 2.85 bits per heavy atom. The summed E-state index contributed by atoms with van der Waals surface area (Å²) in [6.07, 6.45) is 1.91. The summed E-state index contributed by atoms with van der Waals surface area (Å²) in [7, 11) is 1.72. The Bertz CT molecular complexity index is 399. The fourth-order valence-electron chi connectivity index (χ4n) is 2.01. The summed E-state index contributed by atoms with van der Waals surface area (Å²) in [5.41, 5.74) is 1.24. The molecule has 0 fully saturated rings. The molecule has 0 aromatic carbocycles. The minimum Gasteiger partial charge on any atom is -0.465 e. The number of aryl methyl sites for hydroxylation is 1. The van der Waals surface area contributed by atoms with Crippen LogP contribution in [0.25, 0.3) is 0 Å². The van der Waals surface area contributed by atoms with Gasteiger partial charge in [0.15, 0.2) is 0 Å². The Morgan fingerprint density at radius 1 is 1.50 bits per heavy atom. The Labute approximate surface area is 122 Å². The first kappa shape index (κ1) is 17.0. The van der Waals surface area contributed by atoms with E-state index in [2.05, 4.69) is 36.7 Å². The van der Waals surface area contributed by atoms with E-state index in [0.29, 0.717) is 6.04 Å². The molecule has 1 aromatic heterocycles. The van der Waals surface area contributed by atoms with E-state index in [1.54, 1.807) is 7.11 Å². The van der Waals surface area contributed by atoms with Crippen LogP contribution in [0.1, 0.15) is 30.9 Å². The quantitative estimate of drug-likeness (QED) is 0.669. The van der Waals surface area contributed by atoms with Crippen LogP contribution < -0.4 is 5.32 Å². The third-order valence-electron chi connectivity index (χ3n) is 3.15. The fourth-order valence-corrected chi connectivity index (χ4v) is 2.01. The van der Waals surface area contributed by atoms with E-state index in [0.717, 1.165) is 44.3 Å². The van der Waals surface area contributed by atoms with E-state index < -0.39 is 0 Å². The first-order valence-electron chi connectivity index (χ1n) is 7.20. The maximum absolute atomic E-state index is 5.85. The van der Waals surface area contributed by atoms with Gasteiger partial charge in [0.25, 0.3) is 0 Å². The van der Waals surface area contributed by atoms with Gasteiger partial charge in [0.2, 0.25) is 0 Å². The van der Waals surface area contributed by atoms with Crippen molar-refractivity contribution in [3.63, 3.8) is 0 Å². The molecule has 1 N–H and O–H groups in total. The van der Waals surface area contributed by atoms with Crippen LogP contribution in [0.2, 0.25) is 0 Å². The van der Waals surface area contributed by atoms with Gasteiger partial charge < -0.3 is 14.5 Å². The molecule has 0 bridgehead atoms. The van der Waals surface area contributed by atoms with Crippen molar-refractivity contribution in [3.05, 3.63) is 35.8 Å². The maximum Gasteiger partial charge on any atom is 0.118 e. The minimum atomic E-state index is 0.478. The predicted octanol–water partition coefficient (Wildman–Crippen LogP) is 2.72. The highest BCUT2D eigenvalue weighted by molar-refractivity contribution is 5.20. The number of rotatable bonds is 10. The average Bonchev–Trinajstić information content (AvgIpc) is 2.74. The van der Waals surface area contributed by atoms with Gasteiger partial charge in [0.05, 0.1) is 13.2 Å². The molecule has 20 heavy (non-hydrogen) atoms. The maximum atomic E-state index is 5.85. The van der Waals surface area contributed by atoms with Crippen LogP contribution in [0.5, 0.6) is 0 Å². The topological polar surface area (TPSA) is 37.6 Å². The molecule has 0 saturated heterocycles. The zero-order chi connectivity index (χ0) is 15.0. The number of nitrogens with zero attached hydrogens (tertiary/aromatic N) is 1. The molecule has 114 valence electrons. The number of ether oxygens (including phenoxy) is 1. The van der Waals surface area contributed by atoms with Crippen molar-refractivity contribution in [3.8, 4) is 0 Å². The lowest BCUT2D eigenvalue weighted by atomic mass is 10.2. The lowest BCUT2D eigenvalue weighted by Gasteiger charge is -2.18. The molecule has 0 amide bonds. The summed E-state index contributed by atoms with van der Waals surface area (Å²) in [5, 5.41) is 3.42. The van der Waals surface area contributed by atoms with Gasteiger partial charge in [-0.25, -0.2) is 0 Å². The van der Waals surface area contributed by atoms with Crippen LogP contribution in [0.4, 0.5) is 0 Å². The third-order valence-corrected chi connectivity index (χ3v) is 3.15. The van der Waals surface area contributed by atoms with Crippen LogP contribution in [0.3, 0.4) is 0 Å². The van der Waals surface area contributed by atoms with Crippen LogP contribution >= 0.6 is 0 Å². The number of furan rings is 1. The van der Waals surface area contributed by atoms with E-state index in [4.69, 9.17) is 9.15 Å². The molecule has 4 heteroatoms. The zero-order valence-electron chi connectivity index (χ0n) is 13.2. The molecule has 1 heterocycles. The zero-order valence-corrected chi connectivity index (χ0v) is 13.2. The van der Waals surface area contributed by atoms with Crippen LogP contribution in [-0.2, 0) is 17.8 Å². The summed E-state index contributed by atoms with van der Waals surface area (Å²) in [6.45, 7) is 14.2. The predicted molar refractivity (Wildman–Crippen MR) is 82.8 cm³/mol. The molecule has 4 nitrogen and oxygen atoms in total. The first-order valence-corrected chi connectivity index (χ1v) is 7.20. The average molecular weight is 280 g/mol. The summed E-state index contributed by atoms with van der Waals surface area (Å²) >= 11 is 0. The first-order chi connectivity index (χ1) is 9.56. The summed E-state index contributed by atoms with van der Waals surface area (Å²) in [5.74, 6) is 2.00. The monoisotopic (exact) mass is 280 g/mol. The van der Waals surface area contributed by atoms with Crippen molar-refractivity contribution in [1.29, 1.82) is 0 Å². The van der Waals surface area contributed by atoms with Gasteiger partial charge >= 0.3 is 0 Å². The summed E-state index contributed by atoms with van der Waals surface area (Å²) in [4.78, 5) is 2.26. The number of nitrogens with one attached hydrogen (secondary N) is 1. The van der Waals surface area contributed by atoms with Gasteiger partial charge in [0, 0.05) is 38.3 Å². The second-order valence-electron chi connectivity index (χ2n) is 5.35. The van der Waals surface area contributed by atoms with Crippen LogP contribution in [0, 0.1) is 6.92 Å². The van der Waals surface area contributed by atoms with E-state index in [1.807, 2.05) is 13.0 Å². The molecule has 0 aliphatic carbocycles. The second kappa shape index (κ2) is 8.95. The van der Waals surface area contributed by atoms with E-state index in [-0.39, 0.29) is 0 Å². The second-order valence-corrected chi connectivity index (χ2v) is 5.35. The fraction of sp³-hybridized carbons (Fsp3) is 0.625. The highest BCUT2D eigenvalue weighted by atomic mass is 16.5. The van der Waals surface area contributed by atoms with Crippen molar-refractivity contribution in [2.75, 3.05) is 26.8 Å². The number of hydrogen-bond acceptors (Lipinski definition) is 4. The third kappa shape index (κ3) is 5.90. The number of hydrogen-bond donors (Lipinski definition) is 1. The van der Waals surface area contributed by atoms with Crippen molar-refractivity contribution in [2.24, 2.45) is 0 Å². The molecular weight excluding hydrogens is 252 g/mol. The van der Waals surface area contributed by atoms with Gasteiger partial charge in [-0.1, -0.05) is 19.9 Å². The van der Waals surface area contributed by atoms with Crippen molar-refractivity contribution in [1.82, 2.24) is 10.2 Å². The highest BCUT2D eigenvalue weighted by Gasteiger charge is 2.11. The Balaban J connectivity index is 2.61. The molecule has 0 aliphatic heterocycles. The van der Waals surface area contributed by atoms with E-state index in [1.165, 1.54) is 5.56 Å². The standard InChI is InChI=1S/C16H28N2O2/c1-6-7-18(8-9-19-5)12-16-10-15(14(4)20-16)11-17-13(2)3/h6,10,13,17H,1,7-9,11-12H2,2-5H3. The number of methoxy groups -OCH3 is 1. The summed E-state index contributed by atoms with van der Waals surface area (Å²) < 4.78 is 11.0.